The van der Waals surface area contributed by atoms with Crippen molar-refractivity contribution in [3.05, 3.63) is 59.1 Å². The fraction of sp³-hybridized carbons (Fsp3) is 0.125. The van der Waals surface area contributed by atoms with Crippen LogP contribution in [-0.4, -0.2) is 23.2 Å². The fourth-order valence-corrected chi connectivity index (χ4v) is 2.79. The average Bonchev–Trinajstić information content (AvgIpc) is 3.23. The number of nitrogens with zero attached hydrogens (tertiary/aromatic N) is 1. The molecule has 0 bridgehead atoms. The number of ether oxygens (including phenoxy) is 1. The smallest absolute Gasteiger partial charge is 0.255 e. The molecular weight excluding hydrogens is 298 g/mol. The lowest BCUT2D eigenvalue weighted by Crippen LogP contribution is -2.23. The zero-order valence-electron chi connectivity index (χ0n) is 12.0. The first kappa shape index (κ1) is 14.3. The first-order valence-electron chi connectivity index (χ1n) is 6.77. The zero-order valence-corrected chi connectivity index (χ0v) is 12.8. The second-order valence-corrected chi connectivity index (χ2v) is 5.59. The quantitative estimate of drug-likeness (QED) is 0.760. The van der Waals surface area contributed by atoms with Gasteiger partial charge in [-0.3, -0.25) is 9.89 Å². The highest BCUT2D eigenvalue weighted by Crippen LogP contribution is 2.23. The number of hydrogen-bond donors (Lipinski definition) is 2. The van der Waals surface area contributed by atoms with Crippen molar-refractivity contribution < 1.29 is 9.53 Å². The summed E-state index contributed by atoms with van der Waals surface area (Å²) < 4.78 is 5.19. The number of nitrogens with one attached hydrogen (secondary N) is 2. The van der Waals surface area contributed by atoms with Gasteiger partial charge in [-0.05, 0) is 29.6 Å². The van der Waals surface area contributed by atoms with Crippen LogP contribution in [0.3, 0.4) is 0 Å². The van der Waals surface area contributed by atoms with Gasteiger partial charge in [0.15, 0.2) is 0 Å². The average molecular weight is 313 g/mol. The molecule has 1 amide bonds. The van der Waals surface area contributed by atoms with Crippen LogP contribution in [0, 0.1) is 0 Å². The van der Waals surface area contributed by atoms with E-state index in [1.54, 1.807) is 30.6 Å². The van der Waals surface area contributed by atoms with Gasteiger partial charge >= 0.3 is 0 Å². The lowest BCUT2D eigenvalue weighted by molar-refractivity contribution is 0.0947. The molecule has 2 aromatic heterocycles. The summed E-state index contributed by atoms with van der Waals surface area (Å²) >= 11 is 1.63. The van der Waals surface area contributed by atoms with Gasteiger partial charge in [-0.2, -0.15) is 5.10 Å². The van der Waals surface area contributed by atoms with Crippen molar-refractivity contribution >= 4 is 17.2 Å². The van der Waals surface area contributed by atoms with Crippen molar-refractivity contribution in [3.63, 3.8) is 0 Å². The van der Waals surface area contributed by atoms with Gasteiger partial charge in [-0.15, -0.1) is 11.3 Å². The topological polar surface area (TPSA) is 67.0 Å². The van der Waals surface area contributed by atoms with E-state index in [0.717, 1.165) is 16.3 Å². The summed E-state index contributed by atoms with van der Waals surface area (Å²) in [7, 11) is 1.55. The Bertz CT molecular complexity index is 765. The van der Waals surface area contributed by atoms with Crippen LogP contribution >= 0.6 is 11.3 Å². The molecule has 3 rings (SSSR count). The summed E-state index contributed by atoms with van der Waals surface area (Å²) in [6.07, 6.45) is 0. The van der Waals surface area contributed by atoms with Crippen molar-refractivity contribution in [2.24, 2.45) is 0 Å². The maximum Gasteiger partial charge on any atom is 0.255 e. The molecular formula is C16H15N3O2S. The van der Waals surface area contributed by atoms with Crippen molar-refractivity contribution in [1.29, 1.82) is 0 Å². The van der Waals surface area contributed by atoms with E-state index in [0.29, 0.717) is 17.9 Å². The van der Waals surface area contributed by atoms with Crippen molar-refractivity contribution in [3.8, 4) is 16.3 Å². The molecule has 0 unspecified atom stereocenters. The maximum absolute atomic E-state index is 12.2. The standard InChI is InChI=1S/C16H15N3O2S/c1-21-14-6-3-2-5-12(14)16(20)17-10-11-9-13(19-18-11)15-7-4-8-22-15/h2-9H,10H2,1H3,(H,17,20)(H,18,19). The van der Waals surface area contributed by atoms with Crippen molar-refractivity contribution in [2.45, 2.75) is 6.54 Å². The van der Waals surface area contributed by atoms with Gasteiger partial charge in [0.25, 0.3) is 5.91 Å². The number of amides is 1. The van der Waals surface area contributed by atoms with Gasteiger partial charge in [-0.1, -0.05) is 18.2 Å². The second-order valence-electron chi connectivity index (χ2n) is 4.64. The Morgan fingerprint density at radius 3 is 2.95 bits per heavy atom. The number of rotatable bonds is 5. The van der Waals surface area contributed by atoms with E-state index in [1.807, 2.05) is 35.7 Å². The highest BCUT2D eigenvalue weighted by atomic mass is 32.1. The number of aromatic amines is 1. The van der Waals surface area contributed by atoms with E-state index in [-0.39, 0.29) is 5.91 Å². The maximum atomic E-state index is 12.2. The van der Waals surface area contributed by atoms with E-state index in [4.69, 9.17) is 4.74 Å². The van der Waals surface area contributed by atoms with Crippen LogP contribution in [0.4, 0.5) is 0 Å². The van der Waals surface area contributed by atoms with E-state index in [1.165, 1.54) is 0 Å². The SMILES string of the molecule is COc1ccccc1C(=O)NCc1cc(-c2cccs2)n[nH]1. The lowest BCUT2D eigenvalue weighted by Gasteiger charge is -2.08. The fourth-order valence-electron chi connectivity index (χ4n) is 2.11. The van der Waals surface area contributed by atoms with E-state index in [2.05, 4.69) is 15.5 Å². The van der Waals surface area contributed by atoms with Gasteiger partial charge in [0, 0.05) is 0 Å². The first-order chi connectivity index (χ1) is 10.8. The largest absolute Gasteiger partial charge is 0.496 e. The molecule has 112 valence electrons. The van der Waals surface area contributed by atoms with Crippen LogP contribution in [-0.2, 0) is 6.54 Å². The number of methoxy groups -OCH3 is 1. The van der Waals surface area contributed by atoms with Gasteiger partial charge in [-0.25, -0.2) is 0 Å². The molecule has 0 saturated carbocycles. The van der Waals surface area contributed by atoms with Crippen LogP contribution < -0.4 is 10.1 Å². The first-order valence-corrected chi connectivity index (χ1v) is 7.65. The Balaban J connectivity index is 1.66. The Kier molecular flexibility index (Phi) is 4.20. The molecule has 2 heterocycles. The molecule has 2 N–H and O–H groups in total. The number of thiophene rings is 1. The van der Waals surface area contributed by atoms with E-state index < -0.39 is 0 Å². The third-order valence-electron chi connectivity index (χ3n) is 3.20. The zero-order chi connectivity index (χ0) is 15.4. The van der Waals surface area contributed by atoms with Gasteiger partial charge < -0.3 is 10.1 Å². The van der Waals surface area contributed by atoms with E-state index >= 15 is 0 Å². The Morgan fingerprint density at radius 1 is 1.32 bits per heavy atom. The molecule has 0 fully saturated rings. The minimum Gasteiger partial charge on any atom is -0.496 e. The third-order valence-corrected chi connectivity index (χ3v) is 4.09. The molecule has 0 aliphatic carbocycles. The number of H-pyrrole nitrogens is 1. The summed E-state index contributed by atoms with van der Waals surface area (Å²) in [5.74, 6) is 0.383. The normalized spacial score (nSPS) is 10.4. The Labute approximate surface area is 132 Å². The van der Waals surface area contributed by atoms with Crippen LogP contribution in [0.2, 0.25) is 0 Å². The summed E-state index contributed by atoms with van der Waals surface area (Å²) in [6, 6.07) is 13.1. The van der Waals surface area contributed by atoms with Gasteiger partial charge in [0.2, 0.25) is 0 Å². The summed E-state index contributed by atoms with van der Waals surface area (Å²) in [5.41, 5.74) is 2.26. The molecule has 3 aromatic rings. The molecule has 0 radical (unpaired) electrons. The number of carbonyl (C=O) groups excluding carboxylic acids is 1. The highest BCUT2D eigenvalue weighted by molar-refractivity contribution is 7.13. The summed E-state index contributed by atoms with van der Waals surface area (Å²) in [5, 5.41) is 12.1. The predicted molar refractivity (Wildman–Crippen MR) is 86.1 cm³/mol. The number of aromatic nitrogens is 2. The Morgan fingerprint density at radius 2 is 2.18 bits per heavy atom. The van der Waals surface area contributed by atoms with Crippen LogP contribution in [0.5, 0.6) is 5.75 Å². The van der Waals surface area contributed by atoms with Crippen LogP contribution in [0.25, 0.3) is 10.6 Å². The lowest BCUT2D eigenvalue weighted by atomic mass is 10.2. The monoisotopic (exact) mass is 313 g/mol. The number of carbonyl (C=O) groups is 1. The summed E-state index contributed by atoms with van der Waals surface area (Å²) in [4.78, 5) is 13.3. The highest BCUT2D eigenvalue weighted by Gasteiger charge is 2.12. The van der Waals surface area contributed by atoms with Crippen molar-refractivity contribution in [1.82, 2.24) is 15.5 Å². The Hall–Kier alpha value is -2.60. The van der Waals surface area contributed by atoms with Crippen LogP contribution in [0.1, 0.15) is 16.1 Å². The van der Waals surface area contributed by atoms with Gasteiger partial charge in [0.1, 0.15) is 11.4 Å². The molecule has 0 aliphatic rings. The predicted octanol–water partition coefficient (Wildman–Crippen LogP) is 3.08. The molecule has 0 saturated heterocycles. The summed E-state index contributed by atoms with van der Waals surface area (Å²) in [6.45, 7) is 0.384. The number of benzene rings is 1. The second kappa shape index (κ2) is 6.44. The minimum atomic E-state index is -0.176. The van der Waals surface area contributed by atoms with Gasteiger partial charge in [0.05, 0.1) is 29.8 Å². The van der Waals surface area contributed by atoms with Crippen molar-refractivity contribution in [2.75, 3.05) is 7.11 Å². The number of para-hydroxylation sites is 1. The molecule has 0 spiro atoms. The van der Waals surface area contributed by atoms with Crippen LogP contribution in [0.15, 0.2) is 47.8 Å². The minimum absolute atomic E-state index is 0.176. The molecule has 0 aliphatic heterocycles. The molecule has 6 heteroatoms. The molecule has 0 atom stereocenters. The molecule has 22 heavy (non-hydrogen) atoms. The molecule has 5 nitrogen and oxygen atoms in total. The third kappa shape index (κ3) is 3.01. The molecule has 1 aromatic carbocycles. The number of hydrogen-bond acceptors (Lipinski definition) is 4. The van der Waals surface area contributed by atoms with E-state index in [9.17, 15) is 4.79 Å².